The zero-order chi connectivity index (χ0) is 26.9. The number of rotatable bonds is 18. The molecule has 2 rings (SSSR count). The summed E-state index contributed by atoms with van der Waals surface area (Å²) in [5, 5.41) is 10.5. The Hall–Kier alpha value is -3.28. The zero-order valence-corrected chi connectivity index (χ0v) is 22.7. The molecule has 37 heavy (non-hydrogen) atoms. The number of benzene rings is 2. The lowest BCUT2D eigenvalue weighted by Gasteiger charge is -2.18. The second-order valence-electron chi connectivity index (χ2n) is 9.30. The molecule has 1 unspecified atom stereocenters. The molecule has 0 radical (unpaired) electrons. The summed E-state index contributed by atoms with van der Waals surface area (Å²) >= 11 is 0. The van der Waals surface area contributed by atoms with Gasteiger partial charge in [0.2, 0.25) is 0 Å². The maximum absolute atomic E-state index is 11.5. The van der Waals surface area contributed by atoms with E-state index < -0.39 is 0 Å². The molecule has 0 heterocycles. The van der Waals surface area contributed by atoms with Crippen molar-refractivity contribution in [2.45, 2.75) is 84.7 Å². The van der Waals surface area contributed by atoms with Gasteiger partial charge in [-0.1, -0.05) is 52.5 Å². The lowest BCUT2D eigenvalue weighted by Crippen LogP contribution is -2.17. The van der Waals surface area contributed by atoms with Gasteiger partial charge in [0.15, 0.2) is 0 Å². The van der Waals surface area contributed by atoms with Gasteiger partial charge in [-0.2, -0.15) is 0 Å². The van der Waals surface area contributed by atoms with Crippen molar-refractivity contribution >= 4 is 17.9 Å². The molecule has 0 spiro atoms. The van der Waals surface area contributed by atoms with Gasteiger partial charge in [0.1, 0.15) is 17.2 Å². The van der Waals surface area contributed by atoms with Crippen LogP contribution in [0.3, 0.4) is 0 Å². The Morgan fingerprint density at radius 2 is 1.68 bits per heavy atom. The lowest BCUT2D eigenvalue weighted by atomic mass is 10.1. The Bertz CT molecular complexity index is 984. The van der Waals surface area contributed by atoms with Crippen LogP contribution in [0.15, 0.2) is 59.6 Å². The molecule has 0 fully saturated rings. The fourth-order valence-electron chi connectivity index (χ4n) is 3.69. The van der Waals surface area contributed by atoms with Gasteiger partial charge >= 0.3 is 5.97 Å². The number of phenols is 1. The molecule has 0 saturated carbocycles. The number of phenolic OH excluding ortho intramolecular Hbond substituents is 1. The first-order chi connectivity index (χ1) is 17.9. The van der Waals surface area contributed by atoms with Gasteiger partial charge in [-0.05, 0) is 69.0 Å². The fourth-order valence-corrected chi connectivity index (χ4v) is 3.69. The van der Waals surface area contributed by atoms with Crippen molar-refractivity contribution in [1.82, 2.24) is 0 Å². The summed E-state index contributed by atoms with van der Waals surface area (Å²) in [5.74, 6) is 1.16. The minimum atomic E-state index is -0.371. The first kappa shape index (κ1) is 29.9. The molecule has 0 aromatic heterocycles. The number of carbonyl (C=O) groups excluding carboxylic acids is 1. The van der Waals surface area contributed by atoms with E-state index in [0.29, 0.717) is 29.9 Å². The number of unbranched alkanes of at least 4 members (excludes halogenated alkanes) is 5. The predicted octanol–water partition coefficient (Wildman–Crippen LogP) is 7.94. The van der Waals surface area contributed by atoms with E-state index in [-0.39, 0.29) is 17.8 Å². The standard InChI is InChI=1S/C31H43NO5/c1-5-7-8-9-10-11-20-35-28-18-15-26(16-19-28)32-23-25-14-17-29(22-30(25)33)37-27(6-2)13-12-21-36-31(34)24(3)4/h14-19,22-23,27,33H,3,5-13,20-21H2,1-2,4H3. The largest absolute Gasteiger partial charge is 0.507 e. The quantitative estimate of drug-likeness (QED) is 0.0955. The third-order valence-electron chi connectivity index (χ3n) is 5.97. The highest BCUT2D eigenvalue weighted by Crippen LogP contribution is 2.26. The molecule has 6 heteroatoms. The third kappa shape index (κ3) is 12.0. The highest BCUT2D eigenvalue weighted by Gasteiger charge is 2.11. The van der Waals surface area contributed by atoms with Gasteiger partial charge in [-0.15, -0.1) is 0 Å². The number of aliphatic imine (C=N–C) groups is 1. The van der Waals surface area contributed by atoms with Gasteiger partial charge in [-0.3, -0.25) is 4.99 Å². The fraction of sp³-hybridized carbons (Fsp3) is 0.484. The molecule has 0 saturated heterocycles. The van der Waals surface area contributed by atoms with Gasteiger partial charge in [0.25, 0.3) is 0 Å². The maximum atomic E-state index is 11.5. The molecule has 202 valence electrons. The molecule has 6 nitrogen and oxygen atoms in total. The van der Waals surface area contributed by atoms with E-state index in [2.05, 4.69) is 18.5 Å². The minimum Gasteiger partial charge on any atom is -0.507 e. The first-order valence-corrected chi connectivity index (χ1v) is 13.5. The van der Waals surface area contributed by atoms with Gasteiger partial charge in [-0.25, -0.2) is 4.79 Å². The highest BCUT2D eigenvalue weighted by molar-refractivity contribution is 5.87. The van der Waals surface area contributed by atoms with E-state index in [4.69, 9.17) is 14.2 Å². The van der Waals surface area contributed by atoms with Crippen LogP contribution < -0.4 is 9.47 Å². The topological polar surface area (TPSA) is 77.4 Å². The van der Waals surface area contributed by atoms with E-state index in [1.165, 1.54) is 32.1 Å². The summed E-state index contributed by atoms with van der Waals surface area (Å²) < 4.78 is 17.0. The zero-order valence-electron chi connectivity index (χ0n) is 22.7. The van der Waals surface area contributed by atoms with E-state index in [1.807, 2.05) is 37.3 Å². The van der Waals surface area contributed by atoms with Gasteiger partial charge in [0, 0.05) is 23.4 Å². The van der Waals surface area contributed by atoms with E-state index in [0.717, 1.165) is 37.3 Å². The van der Waals surface area contributed by atoms with Crippen LogP contribution in [0.1, 0.15) is 84.1 Å². The van der Waals surface area contributed by atoms with Crippen LogP contribution in [0.5, 0.6) is 17.2 Å². The Labute approximate surface area is 222 Å². The Balaban J connectivity index is 1.79. The van der Waals surface area contributed by atoms with Crippen molar-refractivity contribution in [1.29, 1.82) is 0 Å². The van der Waals surface area contributed by atoms with Crippen molar-refractivity contribution in [3.05, 3.63) is 60.2 Å². The number of aromatic hydroxyl groups is 1. The van der Waals surface area contributed by atoms with E-state index >= 15 is 0 Å². The molecule has 0 amide bonds. The molecule has 0 aliphatic rings. The number of hydrogen-bond donors (Lipinski definition) is 1. The first-order valence-electron chi connectivity index (χ1n) is 13.5. The van der Waals surface area contributed by atoms with E-state index in [1.54, 1.807) is 25.3 Å². The minimum absolute atomic E-state index is 0.0377. The van der Waals surface area contributed by atoms with Crippen molar-refractivity contribution in [3.63, 3.8) is 0 Å². The predicted molar refractivity (Wildman–Crippen MR) is 150 cm³/mol. The van der Waals surface area contributed by atoms with Crippen molar-refractivity contribution in [3.8, 4) is 17.2 Å². The van der Waals surface area contributed by atoms with Crippen LogP contribution in [0.25, 0.3) is 0 Å². The number of carbonyl (C=O) groups is 1. The summed E-state index contributed by atoms with van der Waals surface area (Å²) in [5.41, 5.74) is 1.78. The number of nitrogens with zero attached hydrogens (tertiary/aromatic N) is 1. The highest BCUT2D eigenvalue weighted by atomic mass is 16.5. The Kier molecular flexibility index (Phi) is 13.9. The summed E-state index contributed by atoms with van der Waals surface area (Å²) in [6.45, 7) is 10.5. The normalized spacial score (nSPS) is 11.9. The van der Waals surface area contributed by atoms with Crippen LogP contribution in [-0.2, 0) is 9.53 Å². The second-order valence-corrected chi connectivity index (χ2v) is 9.30. The summed E-state index contributed by atoms with van der Waals surface area (Å²) in [7, 11) is 0. The van der Waals surface area contributed by atoms with Crippen LogP contribution in [0, 0.1) is 0 Å². The molecule has 2 aromatic rings. The maximum Gasteiger partial charge on any atom is 0.333 e. The SMILES string of the molecule is C=C(C)C(=O)OCCCC(CC)Oc1ccc(C=Nc2ccc(OCCCCCCCC)cc2)c(O)c1. The molecular formula is C31H43NO5. The molecule has 1 atom stereocenters. The van der Waals surface area contributed by atoms with Crippen LogP contribution in [-0.4, -0.2) is 36.6 Å². The molecule has 0 aliphatic heterocycles. The second kappa shape index (κ2) is 17.2. The van der Waals surface area contributed by atoms with E-state index in [9.17, 15) is 9.90 Å². The van der Waals surface area contributed by atoms with Crippen molar-refractivity contribution in [2.24, 2.45) is 4.99 Å². The Morgan fingerprint density at radius 3 is 2.35 bits per heavy atom. The monoisotopic (exact) mass is 509 g/mol. The van der Waals surface area contributed by atoms with Crippen molar-refractivity contribution in [2.75, 3.05) is 13.2 Å². The number of esters is 1. The smallest absolute Gasteiger partial charge is 0.333 e. The van der Waals surface area contributed by atoms with Crippen LogP contribution >= 0.6 is 0 Å². The van der Waals surface area contributed by atoms with Gasteiger partial charge in [0.05, 0.1) is 25.0 Å². The summed E-state index contributed by atoms with van der Waals surface area (Å²) in [6, 6.07) is 12.9. The van der Waals surface area contributed by atoms with Crippen LogP contribution in [0.2, 0.25) is 0 Å². The molecule has 2 aromatic carbocycles. The average Bonchev–Trinajstić information content (AvgIpc) is 2.89. The van der Waals surface area contributed by atoms with Gasteiger partial charge < -0.3 is 19.3 Å². The number of hydrogen-bond acceptors (Lipinski definition) is 6. The van der Waals surface area contributed by atoms with Crippen molar-refractivity contribution < 1.29 is 24.1 Å². The number of ether oxygens (including phenoxy) is 3. The molecule has 0 aliphatic carbocycles. The Morgan fingerprint density at radius 1 is 0.973 bits per heavy atom. The molecule has 1 N–H and O–H groups in total. The average molecular weight is 510 g/mol. The summed E-state index contributed by atoms with van der Waals surface area (Å²) in [4.78, 5) is 15.9. The van der Waals surface area contributed by atoms with Crippen LogP contribution in [0.4, 0.5) is 5.69 Å². The lowest BCUT2D eigenvalue weighted by molar-refractivity contribution is -0.139. The summed E-state index contributed by atoms with van der Waals surface area (Å²) in [6.07, 6.45) is 11.3. The third-order valence-corrected chi connectivity index (χ3v) is 5.97. The molecule has 0 bridgehead atoms. The molecular weight excluding hydrogens is 466 g/mol.